The van der Waals surface area contributed by atoms with Gasteiger partial charge in [-0.15, -0.1) is 11.6 Å². The van der Waals surface area contributed by atoms with Crippen LogP contribution in [-0.2, 0) is 17.9 Å². The molecule has 3 aromatic rings. The molecular formula is C24H27ClN2O. The van der Waals surface area contributed by atoms with Gasteiger partial charge in [0.2, 0.25) is 5.91 Å². The number of carbonyl (C=O) groups excluding carboxylic acids is 1. The predicted molar refractivity (Wildman–Crippen MR) is 115 cm³/mol. The van der Waals surface area contributed by atoms with Gasteiger partial charge >= 0.3 is 0 Å². The van der Waals surface area contributed by atoms with E-state index >= 15 is 0 Å². The monoisotopic (exact) mass is 394 g/mol. The molecule has 0 fully saturated rings. The summed E-state index contributed by atoms with van der Waals surface area (Å²) in [6.07, 6.45) is 4.07. The van der Waals surface area contributed by atoms with Crippen LogP contribution in [0.3, 0.4) is 0 Å². The molecule has 28 heavy (non-hydrogen) atoms. The Morgan fingerprint density at radius 3 is 2.36 bits per heavy atom. The van der Waals surface area contributed by atoms with Crippen LogP contribution in [0.15, 0.2) is 79.0 Å². The molecule has 0 unspecified atom stereocenters. The van der Waals surface area contributed by atoms with Gasteiger partial charge in [0.1, 0.15) is 5.38 Å². The van der Waals surface area contributed by atoms with Gasteiger partial charge in [-0.05, 0) is 29.7 Å². The number of carbonyl (C=O) groups is 1. The number of halogens is 1. The number of benzene rings is 2. The van der Waals surface area contributed by atoms with Gasteiger partial charge in [-0.2, -0.15) is 0 Å². The van der Waals surface area contributed by atoms with Crippen LogP contribution in [0.25, 0.3) is 0 Å². The van der Waals surface area contributed by atoms with E-state index in [4.69, 9.17) is 11.6 Å². The SMILES string of the molecule is CCCCN(Cc1cccn1Cc1ccccc1)C(=O)[C@H](Cl)c1ccccc1. The molecular weight excluding hydrogens is 368 g/mol. The molecule has 1 heterocycles. The fourth-order valence-electron chi connectivity index (χ4n) is 3.26. The lowest BCUT2D eigenvalue weighted by atomic mass is 10.1. The molecule has 0 radical (unpaired) electrons. The summed E-state index contributed by atoms with van der Waals surface area (Å²) < 4.78 is 2.20. The largest absolute Gasteiger partial charge is 0.345 e. The molecule has 1 amide bonds. The lowest BCUT2D eigenvalue weighted by Gasteiger charge is -2.26. The Morgan fingerprint density at radius 1 is 1.00 bits per heavy atom. The molecule has 1 atom stereocenters. The summed E-state index contributed by atoms with van der Waals surface area (Å²) in [5.41, 5.74) is 3.20. The van der Waals surface area contributed by atoms with Crippen molar-refractivity contribution in [1.29, 1.82) is 0 Å². The first-order valence-electron chi connectivity index (χ1n) is 9.84. The second-order valence-electron chi connectivity index (χ2n) is 7.00. The summed E-state index contributed by atoms with van der Waals surface area (Å²) in [4.78, 5) is 15.0. The molecule has 0 saturated heterocycles. The molecule has 0 aliphatic rings. The van der Waals surface area contributed by atoms with Crippen LogP contribution in [0, 0.1) is 0 Å². The highest BCUT2D eigenvalue weighted by atomic mass is 35.5. The van der Waals surface area contributed by atoms with Gasteiger partial charge in [-0.3, -0.25) is 4.79 Å². The number of alkyl halides is 1. The van der Waals surface area contributed by atoms with Gasteiger partial charge in [-0.25, -0.2) is 0 Å². The minimum absolute atomic E-state index is 0.0335. The lowest BCUT2D eigenvalue weighted by Crippen LogP contribution is -2.34. The normalized spacial score (nSPS) is 11.9. The summed E-state index contributed by atoms with van der Waals surface area (Å²) in [5.74, 6) is -0.0335. The molecule has 0 spiro atoms. The fraction of sp³-hybridized carbons (Fsp3) is 0.292. The van der Waals surface area contributed by atoms with Crippen molar-refractivity contribution in [3.8, 4) is 0 Å². The van der Waals surface area contributed by atoms with Crippen LogP contribution in [-0.4, -0.2) is 21.9 Å². The molecule has 2 aromatic carbocycles. The molecule has 0 N–H and O–H groups in total. The molecule has 0 bridgehead atoms. The molecule has 4 heteroatoms. The van der Waals surface area contributed by atoms with E-state index in [1.807, 2.05) is 59.5 Å². The number of unbranched alkanes of at least 4 members (excludes halogenated alkanes) is 1. The highest BCUT2D eigenvalue weighted by Crippen LogP contribution is 2.24. The first-order chi connectivity index (χ1) is 13.7. The quantitative estimate of drug-likeness (QED) is 0.431. The second kappa shape index (κ2) is 10.1. The van der Waals surface area contributed by atoms with Crippen LogP contribution in [0.5, 0.6) is 0 Å². The third-order valence-corrected chi connectivity index (χ3v) is 5.31. The number of hydrogen-bond acceptors (Lipinski definition) is 1. The Labute approximate surface area is 172 Å². The van der Waals surface area contributed by atoms with E-state index in [9.17, 15) is 4.79 Å². The van der Waals surface area contributed by atoms with E-state index in [0.29, 0.717) is 13.1 Å². The third-order valence-electron chi connectivity index (χ3n) is 4.87. The van der Waals surface area contributed by atoms with Gasteiger partial charge in [0.15, 0.2) is 0 Å². The average molecular weight is 395 g/mol. The van der Waals surface area contributed by atoms with E-state index < -0.39 is 5.38 Å². The van der Waals surface area contributed by atoms with Crippen molar-refractivity contribution in [3.63, 3.8) is 0 Å². The molecule has 0 aliphatic heterocycles. The number of hydrogen-bond donors (Lipinski definition) is 0. The van der Waals surface area contributed by atoms with Crippen LogP contribution < -0.4 is 0 Å². The van der Waals surface area contributed by atoms with Crippen LogP contribution in [0.4, 0.5) is 0 Å². The number of rotatable bonds is 9. The zero-order valence-corrected chi connectivity index (χ0v) is 17.1. The Kier molecular flexibility index (Phi) is 7.32. The Balaban J connectivity index is 1.76. The lowest BCUT2D eigenvalue weighted by molar-refractivity contribution is -0.131. The summed E-state index contributed by atoms with van der Waals surface area (Å²) in [5, 5.41) is -0.657. The van der Waals surface area contributed by atoms with Crippen molar-refractivity contribution in [3.05, 3.63) is 95.8 Å². The van der Waals surface area contributed by atoms with E-state index in [1.165, 1.54) is 5.56 Å². The summed E-state index contributed by atoms with van der Waals surface area (Å²) in [7, 11) is 0. The van der Waals surface area contributed by atoms with Crippen LogP contribution in [0.1, 0.15) is 42.0 Å². The van der Waals surface area contributed by atoms with Gasteiger partial charge in [0.25, 0.3) is 0 Å². The Hall–Kier alpha value is -2.52. The summed E-state index contributed by atoms with van der Waals surface area (Å²) in [6.45, 7) is 4.20. The van der Waals surface area contributed by atoms with Gasteiger partial charge in [-0.1, -0.05) is 74.0 Å². The van der Waals surface area contributed by atoms with Crippen molar-refractivity contribution in [2.45, 2.75) is 38.2 Å². The Bertz CT molecular complexity index is 861. The van der Waals surface area contributed by atoms with Crippen molar-refractivity contribution in [2.24, 2.45) is 0 Å². The number of amides is 1. The molecule has 3 nitrogen and oxygen atoms in total. The number of nitrogens with zero attached hydrogens (tertiary/aromatic N) is 2. The topological polar surface area (TPSA) is 25.2 Å². The maximum Gasteiger partial charge on any atom is 0.245 e. The highest BCUT2D eigenvalue weighted by Gasteiger charge is 2.24. The Morgan fingerprint density at radius 2 is 1.68 bits per heavy atom. The van der Waals surface area contributed by atoms with Crippen LogP contribution >= 0.6 is 11.6 Å². The molecule has 0 aliphatic carbocycles. The standard InChI is InChI=1S/C24H27ClN2O/c1-2-3-16-27(24(28)23(25)21-13-8-5-9-14-21)19-22-15-10-17-26(22)18-20-11-6-4-7-12-20/h4-15,17,23H,2-3,16,18-19H2,1H3/t23-/m1/s1. The molecule has 3 rings (SSSR count). The van der Waals surface area contributed by atoms with Gasteiger partial charge in [0, 0.05) is 25.0 Å². The second-order valence-corrected chi connectivity index (χ2v) is 7.44. The van der Waals surface area contributed by atoms with E-state index in [1.54, 1.807) is 0 Å². The van der Waals surface area contributed by atoms with Crippen LogP contribution in [0.2, 0.25) is 0 Å². The van der Waals surface area contributed by atoms with Crippen molar-refractivity contribution in [2.75, 3.05) is 6.54 Å². The van der Waals surface area contributed by atoms with Gasteiger partial charge in [0.05, 0.1) is 6.54 Å². The smallest absolute Gasteiger partial charge is 0.245 e. The molecule has 0 saturated carbocycles. The van der Waals surface area contributed by atoms with E-state index in [2.05, 4.69) is 35.9 Å². The third kappa shape index (κ3) is 5.26. The minimum Gasteiger partial charge on any atom is -0.345 e. The first-order valence-corrected chi connectivity index (χ1v) is 10.3. The van der Waals surface area contributed by atoms with E-state index in [0.717, 1.165) is 30.6 Å². The molecule has 146 valence electrons. The highest BCUT2D eigenvalue weighted by molar-refractivity contribution is 6.30. The molecule has 1 aromatic heterocycles. The van der Waals surface area contributed by atoms with Gasteiger partial charge < -0.3 is 9.47 Å². The predicted octanol–water partition coefficient (Wildman–Crippen LogP) is 5.65. The summed E-state index contributed by atoms with van der Waals surface area (Å²) in [6, 6.07) is 24.1. The fourth-order valence-corrected chi connectivity index (χ4v) is 3.55. The van der Waals surface area contributed by atoms with Crippen molar-refractivity contribution in [1.82, 2.24) is 9.47 Å². The average Bonchev–Trinajstić information content (AvgIpc) is 3.18. The first kappa shape index (κ1) is 20.2. The summed E-state index contributed by atoms with van der Waals surface area (Å²) >= 11 is 6.54. The number of aromatic nitrogens is 1. The van der Waals surface area contributed by atoms with E-state index in [-0.39, 0.29) is 5.91 Å². The zero-order valence-electron chi connectivity index (χ0n) is 16.3. The maximum atomic E-state index is 13.1. The zero-order chi connectivity index (χ0) is 19.8. The van der Waals surface area contributed by atoms with Crippen molar-refractivity contribution < 1.29 is 4.79 Å². The minimum atomic E-state index is -0.657. The van der Waals surface area contributed by atoms with Crippen molar-refractivity contribution >= 4 is 17.5 Å². The maximum absolute atomic E-state index is 13.1.